The quantitative estimate of drug-likeness (QED) is 0.743. The van der Waals surface area contributed by atoms with Crippen molar-refractivity contribution in [2.24, 2.45) is 0 Å². The predicted octanol–water partition coefficient (Wildman–Crippen LogP) is 3.42. The molecule has 0 spiro atoms. The number of carbonyl (C=O) groups excluding carboxylic acids is 1. The fourth-order valence-electron chi connectivity index (χ4n) is 3.15. The summed E-state index contributed by atoms with van der Waals surface area (Å²) in [6.07, 6.45) is 1.57. The number of hydrogen-bond acceptors (Lipinski definition) is 4. The molecule has 4 rings (SSSR count). The number of aromatic nitrogens is 2. The Balaban J connectivity index is 1.35. The summed E-state index contributed by atoms with van der Waals surface area (Å²) >= 11 is 6.10. The van der Waals surface area contributed by atoms with E-state index in [1.54, 1.807) is 35.4 Å². The summed E-state index contributed by atoms with van der Waals surface area (Å²) in [6, 6.07) is 9.73. The third kappa shape index (κ3) is 3.89. The molecule has 0 unspecified atom stereocenters. The van der Waals surface area contributed by atoms with Gasteiger partial charge in [0.15, 0.2) is 11.5 Å². The standard InChI is InChI=1S/C19H18ClFN4O2/c20-15-10-14(21)4-3-13(15)12-24-5-7-25(8-6-24)19(26)17-11-16(22-23-17)18-2-1-9-27-18/h1-4,9-11H,5-8,12H2,(H,22,23). The molecule has 1 aliphatic heterocycles. The van der Waals surface area contributed by atoms with Gasteiger partial charge < -0.3 is 9.32 Å². The lowest BCUT2D eigenvalue weighted by Gasteiger charge is -2.34. The molecule has 0 aliphatic carbocycles. The fourth-order valence-corrected chi connectivity index (χ4v) is 3.38. The average molecular weight is 389 g/mol. The van der Waals surface area contributed by atoms with Crippen LogP contribution in [-0.2, 0) is 6.54 Å². The van der Waals surface area contributed by atoms with Gasteiger partial charge in [0.2, 0.25) is 0 Å². The molecule has 6 nitrogen and oxygen atoms in total. The molecular weight excluding hydrogens is 371 g/mol. The first-order valence-electron chi connectivity index (χ1n) is 8.65. The van der Waals surface area contributed by atoms with Gasteiger partial charge in [0.05, 0.1) is 6.26 Å². The van der Waals surface area contributed by atoms with Crippen molar-refractivity contribution in [3.8, 4) is 11.5 Å². The second-order valence-electron chi connectivity index (χ2n) is 6.45. The van der Waals surface area contributed by atoms with Crippen LogP contribution in [0.3, 0.4) is 0 Å². The molecule has 1 saturated heterocycles. The van der Waals surface area contributed by atoms with Crippen molar-refractivity contribution in [1.29, 1.82) is 0 Å². The molecule has 1 N–H and O–H groups in total. The van der Waals surface area contributed by atoms with Crippen molar-refractivity contribution in [3.63, 3.8) is 0 Å². The van der Waals surface area contributed by atoms with Crippen LogP contribution in [0.5, 0.6) is 0 Å². The third-order valence-corrected chi connectivity index (χ3v) is 5.00. The molecule has 8 heteroatoms. The maximum Gasteiger partial charge on any atom is 0.274 e. The number of nitrogens with zero attached hydrogens (tertiary/aromatic N) is 3. The van der Waals surface area contributed by atoms with Gasteiger partial charge in [-0.3, -0.25) is 14.8 Å². The normalized spacial score (nSPS) is 15.3. The van der Waals surface area contributed by atoms with E-state index in [1.807, 2.05) is 0 Å². The number of nitrogens with one attached hydrogen (secondary N) is 1. The number of rotatable bonds is 4. The topological polar surface area (TPSA) is 65.4 Å². The Bertz CT molecular complexity index is 933. The highest BCUT2D eigenvalue weighted by Crippen LogP contribution is 2.21. The molecule has 1 aliphatic rings. The highest BCUT2D eigenvalue weighted by atomic mass is 35.5. The number of aromatic amines is 1. The molecule has 1 aromatic carbocycles. The SMILES string of the molecule is O=C(c1cc(-c2ccco2)[nH]n1)N1CCN(Cc2ccc(F)cc2Cl)CC1. The van der Waals surface area contributed by atoms with Crippen LogP contribution in [0.25, 0.3) is 11.5 Å². The molecule has 140 valence electrons. The Labute approximate surface area is 160 Å². The number of hydrogen-bond donors (Lipinski definition) is 1. The molecule has 0 bridgehead atoms. The van der Waals surface area contributed by atoms with E-state index < -0.39 is 0 Å². The van der Waals surface area contributed by atoms with E-state index in [0.29, 0.717) is 41.8 Å². The summed E-state index contributed by atoms with van der Waals surface area (Å²) in [5, 5.41) is 7.37. The van der Waals surface area contributed by atoms with E-state index in [4.69, 9.17) is 16.0 Å². The van der Waals surface area contributed by atoms with Crippen LogP contribution in [0.1, 0.15) is 16.1 Å². The van der Waals surface area contributed by atoms with Gasteiger partial charge in [0, 0.05) is 43.8 Å². The van der Waals surface area contributed by atoms with Crippen molar-refractivity contribution in [1.82, 2.24) is 20.0 Å². The Morgan fingerprint density at radius 3 is 2.74 bits per heavy atom. The average Bonchev–Trinajstić information content (AvgIpc) is 3.35. The first-order valence-corrected chi connectivity index (χ1v) is 9.03. The van der Waals surface area contributed by atoms with Gasteiger partial charge in [-0.05, 0) is 29.8 Å². The number of H-pyrrole nitrogens is 1. The summed E-state index contributed by atoms with van der Waals surface area (Å²) in [4.78, 5) is 16.6. The van der Waals surface area contributed by atoms with Crippen LogP contribution in [0, 0.1) is 5.82 Å². The smallest absolute Gasteiger partial charge is 0.274 e. The molecule has 1 fully saturated rings. The van der Waals surface area contributed by atoms with Crippen molar-refractivity contribution in [2.75, 3.05) is 26.2 Å². The van der Waals surface area contributed by atoms with Crippen LogP contribution in [-0.4, -0.2) is 52.1 Å². The molecular formula is C19H18ClFN4O2. The third-order valence-electron chi connectivity index (χ3n) is 4.65. The Hall–Kier alpha value is -2.64. The van der Waals surface area contributed by atoms with Crippen molar-refractivity contribution in [2.45, 2.75) is 6.54 Å². The number of carbonyl (C=O) groups is 1. The maximum atomic E-state index is 13.2. The summed E-state index contributed by atoms with van der Waals surface area (Å²) < 4.78 is 18.5. The highest BCUT2D eigenvalue weighted by molar-refractivity contribution is 6.31. The van der Waals surface area contributed by atoms with Crippen molar-refractivity contribution < 1.29 is 13.6 Å². The number of amides is 1. The highest BCUT2D eigenvalue weighted by Gasteiger charge is 2.24. The first-order chi connectivity index (χ1) is 13.1. The number of halogens is 2. The van der Waals surface area contributed by atoms with Crippen LogP contribution in [0.2, 0.25) is 5.02 Å². The maximum absolute atomic E-state index is 13.2. The monoisotopic (exact) mass is 388 g/mol. The second-order valence-corrected chi connectivity index (χ2v) is 6.86. The van der Waals surface area contributed by atoms with E-state index >= 15 is 0 Å². The summed E-state index contributed by atoms with van der Waals surface area (Å²) in [5.74, 6) is 0.193. The number of furan rings is 1. The zero-order valence-corrected chi connectivity index (χ0v) is 15.2. The summed E-state index contributed by atoms with van der Waals surface area (Å²) in [6.45, 7) is 3.26. The van der Waals surface area contributed by atoms with Crippen LogP contribution >= 0.6 is 11.6 Å². The van der Waals surface area contributed by atoms with E-state index in [9.17, 15) is 9.18 Å². The van der Waals surface area contributed by atoms with Gasteiger partial charge in [-0.2, -0.15) is 5.10 Å². The lowest BCUT2D eigenvalue weighted by atomic mass is 10.2. The molecule has 1 amide bonds. The number of benzene rings is 1. The minimum atomic E-state index is -0.341. The molecule has 0 saturated carbocycles. The molecule has 0 atom stereocenters. The predicted molar refractivity (Wildman–Crippen MR) is 98.9 cm³/mol. The fraction of sp³-hybridized carbons (Fsp3) is 0.263. The Morgan fingerprint density at radius 1 is 1.22 bits per heavy atom. The largest absolute Gasteiger partial charge is 0.463 e. The zero-order chi connectivity index (χ0) is 18.8. The van der Waals surface area contributed by atoms with E-state index in [0.717, 1.165) is 18.7 Å². The molecule has 27 heavy (non-hydrogen) atoms. The van der Waals surface area contributed by atoms with E-state index in [2.05, 4.69) is 15.1 Å². The lowest BCUT2D eigenvalue weighted by Crippen LogP contribution is -2.48. The molecule has 2 aromatic heterocycles. The number of piperazine rings is 1. The minimum absolute atomic E-state index is 0.108. The van der Waals surface area contributed by atoms with Gasteiger partial charge in [-0.15, -0.1) is 0 Å². The lowest BCUT2D eigenvalue weighted by molar-refractivity contribution is 0.0622. The van der Waals surface area contributed by atoms with Gasteiger partial charge >= 0.3 is 0 Å². The Kier molecular flexibility index (Phi) is 4.96. The summed E-state index contributed by atoms with van der Waals surface area (Å²) in [5.41, 5.74) is 1.93. The minimum Gasteiger partial charge on any atom is -0.463 e. The second kappa shape index (κ2) is 7.54. The van der Waals surface area contributed by atoms with Crippen LogP contribution < -0.4 is 0 Å². The van der Waals surface area contributed by atoms with E-state index in [-0.39, 0.29) is 11.7 Å². The van der Waals surface area contributed by atoms with Crippen LogP contribution in [0.15, 0.2) is 47.1 Å². The van der Waals surface area contributed by atoms with E-state index in [1.165, 1.54) is 12.1 Å². The van der Waals surface area contributed by atoms with Gasteiger partial charge in [-0.25, -0.2) is 4.39 Å². The van der Waals surface area contributed by atoms with Gasteiger partial charge in [-0.1, -0.05) is 17.7 Å². The zero-order valence-electron chi connectivity index (χ0n) is 14.5. The Morgan fingerprint density at radius 2 is 2.04 bits per heavy atom. The first kappa shape index (κ1) is 17.8. The molecule has 3 heterocycles. The van der Waals surface area contributed by atoms with Crippen molar-refractivity contribution >= 4 is 17.5 Å². The van der Waals surface area contributed by atoms with Gasteiger partial charge in [0.25, 0.3) is 5.91 Å². The summed E-state index contributed by atoms with van der Waals surface area (Å²) in [7, 11) is 0. The molecule has 3 aromatic rings. The van der Waals surface area contributed by atoms with Crippen LogP contribution in [0.4, 0.5) is 4.39 Å². The van der Waals surface area contributed by atoms with Crippen molar-refractivity contribution in [3.05, 3.63) is 64.8 Å². The molecule has 0 radical (unpaired) electrons. The van der Waals surface area contributed by atoms with Gasteiger partial charge in [0.1, 0.15) is 11.5 Å².